The van der Waals surface area contributed by atoms with Gasteiger partial charge in [-0.25, -0.2) is 4.98 Å². The predicted molar refractivity (Wildman–Crippen MR) is 55.1 cm³/mol. The summed E-state index contributed by atoms with van der Waals surface area (Å²) in [6.07, 6.45) is 1.17. The van der Waals surface area contributed by atoms with Gasteiger partial charge in [0, 0.05) is 13.1 Å². The molecule has 82 valence electrons. The third-order valence-electron chi connectivity index (χ3n) is 2.05. The molecule has 0 saturated heterocycles. The lowest BCUT2D eigenvalue weighted by molar-refractivity contribution is -0.385. The van der Waals surface area contributed by atoms with Crippen molar-refractivity contribution >= 4 is 11.5 Å². The molecule has 1 aromatic rings. The summed E-state index contributed by atoms with van der Waals surface area (Å²) in [6, 6.07) is 0. The molecule has 0 spiro atoms. The van der Waals surface area contributed by atoms with Crippen molar-refractivity contribution < 1.29 is 4.92 Å². The fraction of sp³-hybridized carbons (Fsp3) is 0.500. The highest BCUT2D eigenvalue weighted by atomic mass is 16.6. The van der Waals surface area contributed by atoms with E-state index in [4.69, 9.17) is 0 Å². The lowest BCUT2D eigenvalue weighted by Crippen LogP contribution is -2.27. The van der Waals surface area contributed by atoms with E-state index in [2.05, 4.69) is 9.97 Å². The molecule has 1 aromatic heterocycles. The average molecular weight is 212 g/mol. The van der Waals surface area contributed by atoms with E-state index in [1.54, 1.807) is 4.90 Å². The topological polar surface area (TPSA) is 92.1 Å². The highest BCUT2D eigenvalue weighted by Gasteiger charge is 2.23. The Morgan fingerprint density at radius 3 is 2.60 bits per heavy atom. The van der Waals surface area contributed by atoms with E-state index >= 15 is 0 Å². The van der Waals surface area contributed by atoms with E-state index < -0.39 is 16.2 Å². The van der Waals surface area contributed by atoms with Crippen molar-refractivity contribution in [2.24, 2.45) is 0 Å². The Morgan fingerprint density at radius 1 is 1.53 bits per heavy atom. The smallest absolute Gasteiger partial charge is 0.351 e. The lowest BCUT2D eigenvalue weighted by Gasteiger charge is -2.18. The van der Waals surface area contributed by atoms with Crippen LogP contribution in [-0.4, -0.2) is 28.0 Å². The summed E-state index contributed by atoms with van der Waals surface area (Å²) in [5, 5.41) is 10.7. The summed E-state index contributed by atoms with van der Waals surface area (Å²) in [4.78, 5) is 28.9. The van der Waals surface area contributed by atoms with Gasteiger partial charge in [0.25, 0.3) is 0 Å². The highest BCUT2D eigenvalue weighted by Crippen LogP contribution is 2.19. The number of rotatable bonds is 4. The molecule has 0 amide bonds. The van der Waals surface area contributed by atoms with Gasteiger partial charge >= 0.3 is 11.2 Å². The molecular formula is C8H12N4O3. The van der Waals surface area contributed by atoms with Crippen molar-refractivity contribution in [2.45, 2.75) is 13.8 Å². The molecule has 0 radical (unpaired) electrons. The molecule has 0 aliphatic heterocycles. The van der Waals surface area contributed by atoms with Crippen LogP contribution < -0.4 is 10.5 Å². The molecule has 0 aliphatic rings. The maximum Gasteiger partial charge on any atom is 0.375 e. The number of hydrogen-bond acceptors (Lipinski definition) is 5. The first-order valence-corrected chi connectivity index (χ1v) is 4.58. The van der Waals surface area contributed by atoms with Crippen LogP contribution in [0.25, 0.3) is 0 Å². The summed E-state index contributed by atoms with van der Waals surface area (Å²) >= 11 is 0. The molecule has 0 aromatic carbocycles. The molecule has 0 fully saturated rings. The minimum absolute atomic E-state index is 0.119. The monoisotopic (exact) mass is 212 g/mol. The number of nitro groups is 1. The molecule has 0 unspecified atom stereocenters. The van der Waals surface area contributed by atoms with Crippen LogP contribution in [0.4, 0.5) is 11.5 Å². The first kappa shape index (κ1) is 11.2. The molecule has 0 saturated carbocycles. The van der Waals surface area contributed by atoms with Crippen LogP contribution in [0.15, 0.2) is 11.1 Å². The van der Waals surface area contributed by atoms with Gasteiger partial charge in [0.05, 0.1) is 11.3 Å². The number of aromatic amines is 1. The molecule has 0 bridgehead atoms. The van der Waals surface area contributed by atoms with E-state index in [1.807, 2.05) is 13.8 Å². The fourth-order valence-corrected chi connectivity index (χ4v) is 1.30. The maximum atomic E-state index is 11.3. The summed E-state index contributed by atoms with van der Waals surface area (Å²) < 4.78 is 0. The molecule has 7 heteroatoms. The van der Waals surface area contributed by atoms with Crippen LogP contribution in [-0.2, 0) is 0 Å². The van der Waals surface area contributed by atoms with Crippen LogP contribution in [0.5, 0.6) is 0 Å². The largest absolute Gasteiger partial charge is 0.375 e. The van der Waals surface area contributed by atoms with Crippen molar-refractivity contribution in [3.8, 4) is 0 Å². The van der Waals surface area contributed by atoms with E-state index in [0.29, 0.717) is 13.1 Å². The molecule has 7 nitrogen and oxygen atoms in total. The second-order valence-electron chi connectivity index (χ2n) is 2.83. The van der Waals surface area contributed by atoms with E-state index in [0.717, 1.165) is 0 Å². The van der Waals surface area contributed by atoms with Crippen LogP contribution in [0.1, 0.15) is 13.8 Å². The standard InChI is InChI=1S/C8H12N4O3/c1-3-11(4-2)7-6(12(14)15)8(13)10-5-9-7/h5H,3-4H2,1-2H3,(H,9,10,13). The quantitative estimate of drug-likeness (QED) is 0.580. The second-order valence-corrected chi connectivity index (χ2v) is 2.83. The summed E-state index contributed by atoms with van der Waals surface area (Å²) in [5.74, 6) is 0.119. The minimum Gasteiger partial charge on any atom is -0.351 e. The maximum absolute atomic E-state index is 11.3. The van der Waals surface area contributed by atoms with Gasteiger partial charge in [-0.3, -0.25) is 14.9 Å². The normalized spacial score (nSPS) is 10.0. The van der Waals surface area contributed by atoms with Gasteiger partial charge in [-0.2, -0.15) is 0 Å². The fourth-order valence-electron chi connectivity index (χ4n) is 1.30. The first-order valence-electron chi connectivity index (χ1n) is 4.58. The lowest BCUT2D eigenvalue weighted by atomic mass is 10.4. The van der Waals surface area contributed by atoms with Crippen molar-refractivity contribution in [3.05, 3.63) is 26.8 Å². The zero-order chi connectivity index (χ0) is 11.4. The van der Waals surface area contributed by atoms with E-state index in [-0.39, 0.29) is 5.82 Å². The molecule has 0 atom stereocenters. The minimum atomic E-state index is -0.725. The molecule has 1 N–H and O–H groups in total. The number of hydrogen-bond donors (Lipinski definition) is 1. The molecular weight excluding hydrogens is 200 g/mol. The van der Waals surface area contributed by atoms with Crippen LogP contribution in [0.3, 0.4) is 0 Å². The van der Waals surface area contributed by atoms with Crippen LogP contribution >= 0.6 is 0 Å². The Morgan fingerprint density at radius 2 is 2.13 bits per heavy atom. The first-order chi connectivity index (χ1) is 7.11. The van der Waals surface area contributed by atoms with E-state index in [9.17, 15) is 14.9 Å². The van der Waals surface area contributed by atoms with E-state index in [1.165, 1.54) is 6.33 Å². The zero-order valence-electron chi connectivity index (χ0n) is 8.56. The van der Waals surface area contributed by atoms with Gasteiger partial charge in [0.2, 0.25) is 5.82 Å². The summed E-state index contributed by atoms with van der Waals surface area (Å²) in [6.45, 7) is 4.81. The van der Waals surface area contributed by atoms with Crippen molar-refractivity contribution in [2.75, 3.05) is 18.0 Å². The number of aromatic nitrogens is 2. The van der Waals surface area contributed by atoms with Gasteiger partial charge in [-0.05, 0) is 13.8 Å². The van der Waals surface area contributed by atoms with Crippen molar-refractivity contribution in [1.82, 2.24) is 9.97 Å². The molecule has 0 aliphatic carbocycles. The second kappa shape index (κ2) is 4.54. The van der Waals surface area contributed by atoms with Gasteiger partial charge in [-0.1, -0.05) is 0 Å². The SMILES string of the molecule is CCN(CC)c1nc[nH]c(=O)c1[N+](=O)[O-]. The molecule has 1 rings (SSSR count). The Bertz CT molecular complexity index is 411. The van der Waals surface area contributed by atoms with Crippen molar-refractivity contribution in [3.63, 3.8) is 0 Å². The highest BCUT2D eigenvalue weighted by molar-refractivity contribution is 5.55. The zero-order valence-corrected chi connectivity index (χ0v) is 8.56. The number of nitrogens with zero attached hydrogens (tertiary/aromatic N) is 3. The van der Waals surface area contributed by atoms with Crippen LogP contribution in [0, 0.1) is 10.1 Å². The summed E-state index contributed by atoms with van der Waals surface area (Å²) in [7, 11) is 0. The number of anilines is 1. The Kier molecular flexibility index (Phi) is 3.37. The Hall–Kier alpha value is -1.92. The average Bonchev–Trinajstić information content (AvgIpc) is 2.19. The number of H-pyrrole nitrogens is 1. The third kappa shape index (κ3) is 2.12. The van der Waals surface area contributed by atoms with Crippen LogP contribution in [0.2, 0.25) is 0 Å². The molecule has 1 heterocycles. The molecule has 15 heavy (non-hydrogen) atoms. The van der Waals surface area contributed by atoms with Gasteiger partial charge in [0.1, 0.15) is 0 Å². The van der Waals surface area contributed by atoms with Crippen molar-refractivity contribution in [1.29, 1.82) is 0 Å². The number of nitrogens with one attached hydrogen (secondary N) is 1. The third-order valence-corrected chi connectivity index (χ3v) is 2.05. The predicted octanol–water partition coefficient (Wildman–Crippen LogP) is 0.524. The van der Waals surface area contributed by atoms with Gasteiger partial charge in [-0.15, -0.1) is 0 Å². The Balaban J connectivity index is 3.34. The Labute approximate surface area is 85.9 Å². The summed E-state index contributed by atoms with van der Waals surface area (Å²) in [5.41, 5.74) is -1.22. The van der Waals surface area contributed by atoms with Gasteiger partial charge in [0.15, 0.2) is 0 Å². The van der Waals surface area contributed by atoms with Gasteiger partial charge < -0.3 is 9.88 Å².